The molecule has 3 saturated carbocycles. The molecule has 4 aliphatic rings. The lowest BCUT2D eigenvalue weighted by Gasteiger charge is -2.52. The Morgan fingerprint density at radius 2 is 1.85 bits per heavy atom. The molecule has 11 heteroatoms. The van der Waals surface area contributed by atoms with Crippen molar-refractivity contribution in [1.29, 1.82) is 0 Å². The molecule has 1 amide bonds. The maximum absolute atomic E-state index is 15.9. The summed E-state index contributed by atoms with van der Waals surface area (Å²) in [6, 6.07) is 0.353. The van der Waals surface area contributed by atoms with Gasteiger partial charge in [-0.1, -0.05) is 13.3 Å². The number of likely N-dealkylation sites (N-methyl/N-ethyl adjacent to an activating group) is 1. The second-order valence-corrected chi connectivity index (χ2v) is 11.7. The fraction of sp³-hybridized carbons (Fsp3) is 0.607. The van der Waals surface area contributed by atoms with Crippen molar-refractivity contribution in [1.82, 2.24) is 9.80 Å². The number of phenols is 1. The summed E-state index contributed by atoms with van der Waals surface area (Å²) in [5.41, 5.74) is 2.45. The van der Waals surface area contributed by atoms with Crippen molar-refractivity contribution < 1.29 is 38.6 Å². The molecule has 0 bridgehead atoms. The van der Waals surface area contributed by atoms with Gasteiger partial charge in [-0.15, -0.1) is 0 Å². The number of rotatable bonds is 6. The molecule has 5 rings (SSSR count). The van der Waals surface area contributed by atoms with Gasteiger partial charge in [0.15, 0.2) is 34.7 Å². The van der Waals surface area contributed by atoms with Crippen LogP contribution in [0.4, 0.5) is 4.39 Å². The molecule has 3 fully saturated rings. The Balaban J connectivity index is 1.56. The number of hydrogen-bond donors (Lipinski definition) is 3. The number of benzene rings is 1. The van der Waals surface area contributed by atoms with E-state index in [1.54, 1.807) is 0 Å². The van der Waals surface area contributed by atoms with Crippen LogP contribution in [0.3, 0.4) is 0 Å². The number of Topliss-reactive ketones (excluding diaryl/α,β-unsaturated/α-hetero) is 4. The van der Waals surface area contributed by atoms with Crippen molar-refractivity contribution in [3.63, 3.8) is 0 Å². The highest BCUT2D eigenvalue weighted by molar-refractivity contribution is 6.32. The second kappa shape index (κ2) is 9.57. The van der Waals surface area contributed by atoms with E-state index in [1.807, 2.05) is 6.92 Å². The smallest absolute Gasteiger partial charge is 0.235 e. The zero-order valence-electron chi connectivity index (χ0n) is 22.3. The highest BCUT2D eigenvalue weighted by Crippen LogP contribution is 2.51. The summed E-state index contributed by atoms with van der Waals surface area (Å²) >= 11 is 0. The van der Waals surface area contributed by atoms with Crippen LogP contribution in [0.1, 0.15) is 54.1 Å². The van der Waals surface area contributed by atoms with Crippen LogP contribution in [0.2, 0.25) is 0 Å². The zero-order valence-corrected chi connectivity index (χ0v) is 22.3. The third-order valence-electron chi connectivity index (χ3n) is 9.44. The molecule has 0 heterocycles. The van der Waals surface area contributed by atoms with Gasteiger partial charge in [-0.3, -0.25) is 33.8 Å². The predicted octanol–water partition coefficient (Wildman–Crippen LogP) is 0.381. The van der Waals surface area contributed by atoms with Gasteiger partial charge in [0.25, 0.3) is 0 Å². The quantitative estimate of drug-likeness (QED) is 0.431. The summed E-state index contributed by atoms with van der Waals surface area (Å²) in [5, 5.41) is 22.4. The van der Waals surface area contributed by atoms with Gasteiger partial charge in [-0.25, -0.2) is 4.39 Å². The number of halogens is 1. The van der Waals surface area contributed by atoms with Gasteiger partial charge in [0.2, 0.25) is 5.91 Å². The number of ketones is 4. The minimum absolute atomic E-state index is 0.00373. The molecule has 4 N–H and O–H groups in total. The third kappa shape index (κ3) is 3.88. The normalized spacial score (nSPS) is 32.6. The van der Waals surface area contributed by atoms with Crippen molar-refractivity contribution in [2.75, 3.05) is 20.6 Å². The topological polar surface area (TPSA) is 158 Å². The largest absolute Gasteiger partial charge is 0.507 e. The standard InChI is InChI=1S/C28H34FN3O7/c1-4-32(14-6-5-7-14)11-13-10-17(33)19-15(21(13)29)8-12-9-16-22(31(2)3)24(35)20(27(30)38)26(37)28(16,39)25(36)18(12)23(19)34/h10,12,14,16,18,20,22,33,39H,4-9,11H2,1-3H3,(H2,30,38)/t12-,16-,18?,20?,22-,28-/m0/s1. The fourth-order valence-electron chi connectivity index (χ4n) is 7.29. The molecule has 210 valence electrons. The third-order valence-corrected chi connectivity index (χ3v) is 9.44. The average molecular weight is 544 g/mol. The summed E-state index contributed by atoms with van der Waals surface area (Å²) in [6.07, 6.45) is 2.94. The Morgan fingerprint density at radius 1 is 1.18 bits per heavy atom. The summed E-state index contributed by atoms with van der Waals surface area (Å²) in [4.78, 5) is 69.5. The van der Waals surface area contributed by atoms with Crippen LogP contribution in [-0.2, 0) is 32.1 Å². The lowest BCUT2D eigenvalue weighted by Crippen LogP contribution is -2.74. The maximum atomic E-state index is 15.9. The van der Waals surface area contributed by atoms with Crippen LogP contribution in [-0.4, -0.2) is 87.4 Å². The number of primary amides is 1. The van der Waals surface area contributed by atoms with E-state index in [1.165, 1.54) is 25.1 Å². The summed E-state index contributed by atoms with van der Waals surface area (Å²) in [7, 11) is 3.03. The Labute approximate surface area is 225 Å². The molecule has 0 saturated heterocycles. The molecule has 39 heavy (non-hydrogen) atoms. The van der Waals surface area contributed by atoms with Gasteiger partial charge in [-0.2, -0.15) is 0 Å². The first-order valence-electron chi connectivity index (χ1n) is 13.5. The molecule has 0 radical (unpaired) electrons. The molecular weight excluding hydrogens is 509 g/mol. The van der Waals surface area contributed by atoms with Crippen LogP contribution in [0.15, 0.2) is 6.07 Å². The van der Waals surface area contributed by atoms with Gasteiger partial charge in [0, 0.05) is 29.6 Å². The van der Waals surface area contributed by atoms with Gasteiger partial charge in [-0.05, 0) is 58.3 Å². The number of carbonyl (C=O) groups excluding carboxylic acids is 5. The van der Waals surface area contributed by atoms with Gasteiger partial charge in [0.1, 0.15) is 11.6 Å². The SMILES string of the molecule is CCN(Cc1cc(O)c2c(c1F)C[C@H]1C[C@H]3[C@H](N(C)C)C(=O)C(C(N)=O)C(=O)[C@@]3(O)C(=O)C1C2=O)C1CCC1. The number of hydrogen-bond acceptors (Lipinski definition) is 9. The van der Waals surface area contributed by atoms with Crippen LogP contribution in [0.5, 0.6) is 5.75 Å². The maximum Gasteiger partial charge on any atom is 0.235 e. The van der Waals surface area contributed by atoms with Gasteiger partial charge >= 0.3 is 0 Å². The Hall–Kier alpha value is -3.02. The molecule has 0 spiro atoms. The van der Waals surface area contributed by atoms with E-state index >= 15 is 4.39 Å². The van der Waals surface area contributed by atoms with Crippen molar-refractivity contribution in [3.8, 4) is 5.75 Å². The molecule has 2 unspecified atom stereocenters. The van der Waals surface area contributed by atoms with E-state index in [2.05, 4.69) is 4.90 Å². The number of amides is 1. The van der Waals surface area contributed by atoms with Crippen LogP contribution >= 0.6 is 0 Å². The van der Waals surface area contributed by atoms with E-state index in [9.17, 15) is 34.2 Å². The second-order valence-electron chi connectivity index (χ2n) is 11.7. The highest BCUT2D eigenvalue weighted by atomic mass is 19.1. The first-order chi connectivity index (χ1) is 18.3. The van der Waals surface area contributed by atoms with Crippen LogP contribution in [0.25, 0.3) is 0 Å². The van der Waals surface area contributed by atoms with E-state index < -0.39 is 75.9 Å². The molecule has 1 aromatic carbocycles. The minimum Gasteiger partial charge on any atom is -0.507 e. The molecule has 0 aliphatic heterocycles. The number of carbonyl (C=O) groups is 5. The molecule has 0 aromatic heterocycles. The van der Waals surface area contributed by atoms with E-state index in [0.717, 1.165) is 19.3 Å². The first kappa shape index (κ1) is 27.5. The van der Waals surface area contributed by atoms with Gasteiger partial charge in [0.05, 0.1) is 17.5 Å². The number of phenolic OH excluding ortho intramolecular Hbond substituents is 1. The minimum atomic E-state index is -2.80. The van der Waals surface area contributed by atoms with E-state index in [0.29, 0.717) is 12.6 Å². The number of aromatic hydroxyl groups is 1. The van der Waals surface area contributed by atoms with Crippen molar-refractivity contribution in [2.45, 2.75) is 63.3 Å². The average Bonchev–Trinajstić information content (AvgIpc) is 2.82. The first-order valence-corrected chi connectivity index (χ1v) is 13.5. The van der Waals surface area contributed by atoms with Crippen LogP contribution < -0.4 is 5.73 Å². The molecule has 1 aromatic rings. The number of nitrogens with two attached hydrogens (primary N) is 1. The molecule has 4 aliphatic carbocycles. The Morgan fingerprint density at radius 3 is 2.38 bits per heavy atom. The van der Waals surface area contributed by atoms with E-state index in [-0.39, 0.29) is 36.1 Å². The lowest BCUT2D eigenvalue weighted by molar-refractivity contribution is -0.181. The van der Waals surface area contributed by atoms with Crippen LogP contribution in [0, 0.1) is 29.5 Å². The summed E-state index contributed by atoms with van der Waals surface area (Å²) in [6.45, 7) is 2.94. The molecule has 10 nitrogen and oxygen atoms in total. The molecule has 6 atom stereocenters. The van der Waals surface area contributed by atoms with E-state index in [4.69, 9.17) is 5.73 Å². The number of fused-ring (bicyclic) bond motifs is 3. The Kier molecular flexibility index (Phi) is 6.76. The highest BCUT2D eigenvalue weighted by Gasteiger charge is 2.69. The monoisotopic (exact) mass is 543 g/mol. The predicted molar refractivity (Wildman–Crippen MR) is 135 cm³/mol. The van der Waals surface area contributed by atoms with Gasteiger partial charge < -0.3 is 15.9 Å². The Bertz CT molecular complexity index is 1290. The number of nitrogens with zero attached hydrogens (tertiary/aromatic N) is 2. The summed E-state index contributed by atoms with van der Waals surface area (Å²) < 4.78 is 15.9. The zero-order chi connectivity index (χ0) is 28.5. The molecular formula is C28H34FN3O7. The van der Waals surface area contributed by atoms with Crippen molar-refractivity contribution in [3.05, 3.63) is 28.6 Å². The van der Waals surface area contributed by atoms with Crippen molar-refractivity contribution in [2.24, 2.45) is 29.4 Å². The number of aliphatic hydroxyl groups is 1. The van der Waals surface area contributed by atoms with Crippen molar-refractivity contribution >= 4 is 29.0 Å². The fourth-order valence-corrected chi connectivity index (χ4v) is 7.29. The lowest BCUT2D eigenvalue weighted by atomic mass is 9.52. The summed E-state index contributed by atoms with van der Waals surface area (Å²) in [5.74, 6) is -12.1.